The molecule has 0 spiro atoms. The standard InChI is InChI=1S/C17H17ClN2O5S/c1-17(6-7-26(23,24)10-17)20-15(21)9-25-16(22)12-8-14(18)19-13-5-3-2-4-11(12)13/h2-5,8H,6-7,9-10H2,1H3,(H,20,21)/t17-/m0/s1. The number of para-hydroxylation sites is 1. The summed E-state index contributed by atoms with van der Waals surface area (Å²) in [6, 6.07) is 8.33. The molecule has 0 radical (unpaired) electrons. The average molecular weight is 397 g/mol. The molecule has 26 heavy (non-hydrogen) atoms. The second-order valence-corrected chi connectivity index (χ2v) is 9.11. The van der Waals surface area contributed by atoms with E-state index in [4.69, 9.17) is 16.3 Å². The smallest absolute Gasteiger partial charge is 0.339 e. The van der Waals surface area contributed by atoms with Crippen LogP contribution in [-0.2, 0) is 19.4 Å². The number of rotatable bonds is 4. The van der Waals surface area contributed by atoms with Crippen molar-refractivity contribution in [2.45, 2.75) is 18.9 Å². The first-order valence-electron chi connectivity index (χ1n) is 7.91. The Balaban J connectivity index is 1.67. The van der Waals surface area contributed by atoms with E-state index in [0.717, 1.165) is 0 Å². The van der Waals surface area contributed by atoms with Crippen molar-refractivity contribution in [3.8, 4) is 0 Å². The Hall–Kier alpha value is -2.19. The van der Waals surface area contributed by atoms with Crippen LogP contribution in [0.5, 0.6) is 0 Å². The molecule has 1 fully saturated rings. The van der Waals surface area contributed by atoms with Crippen LogP contribution in [-0.4, -0.2) is 48.9 Å². The molecule has 1 aliphatic heterocycles. The van der Waals surface area contributed by atoms with E-state index in [2.05, 4.69) is 10.3 Å². The lowest BCUT2D eigenvalue weighted by atomic mass is 10.0. The number of hydrogen-bond donors (Lipinski definition) is 1. The van der Waals surface area contributed by atoms with Crippen molar-refractivity contribution in [1.29, 1.82) is 0 Å². The summed E-state index contributed by atoms with van der Waals surface area (Å²) in [6.45, 7) is 1.15. The van der Waals surface area contributed by atoms with Crippen LogP contribution in [0.25, 0.3) is 10.9 Å². The maximum absolute atomic E-state index is 12.4. The predicted molar refractivity (Wildman–Crippen MR) is 96.9 cm³/mol. The Morgan fingerprint density at radius 2 is 2.08 bits per heavy atom. The Kier molecular flexibility index (Phi) is 4.90. The topological polar surface area (TPSA) is 102 Å². The van der Waals surface area contributed by atoms with Crippen LogP contribution in [0.1, 0.15) is 23.7 Å². The Labute approximate surface area is 155 Å². The minimum atomic E-state index is -3.15. The van der Waals surface area contributed by atoms with Gasteiger partial charge in [0, 0.05) is 5.39 Å². The molecule has 9 heteroatoms. The van der Waals surface area contributed by atoms with Crippen LogP contribution < -0.4 is 5.32 Å². The number of esters is 1. The van der Waals surface area contributed by atoms with Crippen LogP contribution in [0.4, 0.5) is 0 Å². The van der Waals surface area contributed by atoms with Crippen molar-refractivity contribution in [3.05, 3.63) is 41.0 Å². The van der Waals surface area contributed by atoms with Crippen LogP contribution >= 0.6 is 11.6 Å². The first-order valence-corrected chi connectivity index (χ1v) is 10.1. The van der Waals surface area contributed by atoms with Crippen molar-refractivity contribution in [3.63, 3.8) is 0 Å². The number of fused-ring (bicyclic) bond motifs is 1. The van der Waals surface area contributed by atoms with E-state index in [9.17, 15) is 18.0 Å². The fraction of sp³-hybridized carbons (Fsp3) is 0.353. The van der Waals surface area contributed by atoms with Crippen LogP contribution in [0.3, 0.4) is 0 Å². The first-order chi connectivity index (χ1) is 12.2. The van der Waals surface area contributed by atoms with Crippen molar-refractivity contribution in [2.75, 3.05) is 18.1 Å². The molecule has 0 bridgehead atoms. The van der Waals surface area contributed by atoms with Crippen LogP contribution in [0.15, 0.2) is 30.3 Å². The molecule has 0 unspecified atom stereocenters. The number of nitrogens with one attached hydrogen (secondary N) is 1. The normalized spacial score (nSPS) is 21.5. The maximum atomic E-state index is 12.4. The SMILES string of the molecule is C[C@]1(NC(=O)COC(=O)c2cc(Cl)nc3ccccc23)CCS(=O)(=O)C1. The third-order valence-electron chi connectivity index (χ3n) is 4.18. The number of halogens is 1. The summed E-state index contributed by atoms with van der Waals surface area (Å²) in [6.07, 6.45) is 0.333. The van der Waals surface area contributed by atoms with Gasteiger partial charge in [-0.25, -0.2) is 18.2 Å². The molecule has 1 aliphatic rings. The van der Waals surface area contributed by atoms with Crippen LogP contribution in [0, 0.1) is 0 Å². The number of hydrogen-bond acceptors (Lipinski definition) is 6. The van der Waals surface area contributed by atoms with Gasteiger partial charge in [-0.3, -0.25) is 4.79 Å². The highest BCUT2D eigenvalue weighted by molar-refractivity contribution is 7.91. The molecule has 1 aromatic heterocycles. The molecule has 0 saturated carbocycles. The largest absolute Gasteiger partial charge is 0.452 e. The third-order valence-corrected chi connectivity index (χ3v) is 6.28. The van der Waals surface area contributed by atoms with E-state index in [1.54, 1.807) is 31.2 Å². The lowest BCUT2D eigenvalue weighted by Crippen LogP contribution is -2.48. The minimum absolute atomic E-state index is 0.0328. The number of nitrogens with zero attached hydrogens (tertiary/aromatic N) is 1. The van der Waals surface area contributed by atoms with Gasteiger partial charge in [-0.15, -0.1) is 0 Å². The van der Waals surface area contributed by atoms with Crippen molar-refractivity contribution < 1.29 is 22.7 Å². The highest BCUT2D eigenvalue weighted by Gasteiger charge is 2.39. The lowest BCUT2D eigenvalue weighted by molar-refractivity contribution is -0.125. The van der Waals surface area contributed by atoms with Gasteiger partial charge in [-0.1, -0.05) is 29.8 Å². The monoisotopic (exact) mass is 396 g/mol. The summed E-state index contributed by atoms with van der Waals surface area (Å²) in [4.78, 5) is 28.5. The third kappa shape index (κ3) is 4.13. The zero-order chi connectivity index (χ0) is 18.9. The van der Waals surface area contributed by atoms with Gasteiger partial charge >= 0.3 is 5.97 Å². The van der Waals surface area contributed by atoms with Gasteiger partial charge in [0.1, 0.15) is 5.15 Å². The second-order valence-electron chi connectivity index (χ2n) is 6.54. The summed E-state index contributed by atoms with van der Waals surface area (Å²) < 4.78 is 28.2. The molecular weight excluding hydrogens is 380 g/mol. The van der Waals surface area contributed by atoms with Crippen molar-refractivity contribution in [2.24, 2.45) is 0 Å². The predicted octanol–water partition coefficient (Wildman–Crippen LogP) is 1.74. The van der Waals surface area contributed by atoms with E-state index in [-0.39, 0.29) is 22.2 Å². The Morgan fingerprint density at radius 1 is 1.35 bits per heavy atom. The number of carbonyl (C=O) groups is 2. The van der Waals surface area contributed by atoms with Crippen molar-refractivity contribution >= 4 is 44.2 Å². The Morgan fingerprint density at radius 3 is 2.77 bits per heavy atom. The highest BCUT2D eigenvalue weighted by Crippen LogP contribution is 2.23. The Bertz CT molecular complexity index is 992. The zero-order valence-corrected chi connectivity index (χ0v) is 15.6. The molecule has 7 nitrogen and oxygen atoms in total. The molecule has 1 N–H and O–H groups in total. The van der Waals surface area contributed by atoms with E-state index in [1.165, 1.54) is 6.07 Å². The molecule has 138 valence electrons. The number of benzene rings is 1. The van der Waals surface area contributed by atoms with Crippen LogP contribution in [0.2, 0.25) is 5.15 Å². The summed E-state index contributed by atoms with van der Waals surface area (Å²) in [5.41, 5.74) is -0.0854. The number of ether oxygens (including phenoxy) is 1. The lowest BCUT2D eigenvalue weighted by Gasteiger charge is -2.23. The van der Waals surface area contributed by atoms with E-state index >= 15 is 0 Å². The van der Waals surface area contributed by atoms with Gasteiger partial charge in [0.2, 0.25) is 0 Å². The molecule has 3 rings (SSSR count). The van der Waals surface area contributed by atoms with E-state index in [0.29, 0.717) is 17.3 Å². The van der Waals surface area contributed by atoms with Gasteiger partial charge in [-0.05, 0) is 25.5 Å². The zero-order valence-electron chi connectivity index (χ0n) is 14.0. The average Bonchev–Trinajstić information content (AvgIpc) is 2.84. The van der Waals surface area contributed by atoms with Gasteiger partial charge in [0.25, 0.3) is 5.91 Å². The molecule has 1 amide bonds. The summed E-state index contributed by atoms with van der Waals surface area (Å²) in [5, 5.41) is 3.34. The molecule has 2 heterocycles. The number of sulfone groups is 1. The minimum Gasteiger partial charge on any atom is -0.452 e. The van der Waals surface area contributed by atoms with Gasteiger partial charge in [-0.2, -0.15) is 0 Å². The van der Waals surface area contributed by atoms with E-state index < -0.39 is 33.9 Å². The van der Waals surface area contributed by atoms with Gasteiger partial charge in [0.15, 0.2) is 16.4 Å². The fourth-order valence-corrected chi connectivity index (χ4v) is 5.30. The molecular formula is C17H17ClN2O5S. The van der Waals surface area contributed by atoms with Gasteiger partial charge in [0.05, 0.1) is 28.1 Å². The molecule has 2 aromatic rings. The maximum Gasteiger partial charge on any atom is 0.339 e. The fourth-order valence-electron chi connectivity index (χ4n) is 3.00. The van der Waals surface area contributed by atoms with Crippen molar-refractivity contribution in [1.82, 2.24) is 10.3 Å². The summed E-state index contributed by atoms with van der Waals surface area (Å²) in [5.74, 6) is -1.35. The second kappa shape index (κ2) is 6.85. The number of pyridine rings is 1. The molecule has 0 aliphatic carbocycles. The quantitative estimate of drug-likeness (QED) is 0.623. The summed E-state index contributed by atoms with van der Waals surface area (Å²) >= 11 is 5.93. The number of carbonyl (C=O) groups excluding carboxylic acids is 2. The molecule has 1 atom stereocenters. The molecule has 1 saturated heterocycles. The molecule has 1 aromatic carbocycles. The summed E-state index contributed by atoms with van der Waals surface area (Å²) in [7, 11) is -3.15. The number of aromatic nitrogens is 1. The highest BCUT2D eigenvalue weighted by atomic mass is 35.5. The first kappa shape index (κ1) is 18.6. The van der Waals surface area contributed by atoms with Gasteiger partial charge < -0.3 is 10.1 Å². The number of amides is 1. The van der Waals surface area contributed by atoms with E-state index in [1.807, 2.05) is 0 Å².